The van der Waals surface area contributed by atoms with Gasteiger partial charge >= 0.3 is 5.95 Å². The second-order valence-corrected chi connectivity index (χ2v) is 8.35. The van der Waals surface area contributed by atoms with Crippen LogP contribution in [-0.2, 0) is 0 Å². The molecule has 1 heterocycles. The molecule has 0 fully saturated rings. The van der Waals surface area contributed by atoms with Gasteiger partial charge in [0.15, 0.2) is 0 Å². The van der Waals surface area contributed by atoms with Gasteiger partial charge in [-0.3, -0.25) is 4.23 Å². The van der Waals surface area contributed by atoms with E-state index in [1.54, 1.807) is 10.4 Å². The summed E-state index contributed by atoms with van der Waals surface area (Å²) in [5.74, 6) is -0.0471. The normalized spacial score (nSPS) is 11.6. The SMILES string of the molecule is C[Si](C)(C)n1ccnc1[N+](=O)[O-]. The lowest BCUT2D eigenvalue weighted by Crippen LogP contribution is -2.32. The Morgan fingerprint density at radius 2 is 2.17 bits per heavy atom. The van der Waals surface area contributed by atoms with E-state index in [1.165, 1.54) is 6.20 Å². The minimum atomic E-state index is -1.68. The summed E-state index contributed by atoms with van der Waals surface area (Å²) in [6.45, 7) is 6.09. The largest absolute Gasteiger partial charge is 0.422 e. The summed E-state index contributed by atoms with van der Waals surface area (Å²) in [6.07, 6.45) is 3.14. The smallest absolute Gasteiger partial charge is 0.390 e. The Labute approximate surface area is 71.3 Å². The molecule has 0 atom stereocenters. The standard InChI is InChI=1S/C6H11N3O2Si/c1-12(2,3)8-5-4-7-6(8)9(10)11/h4-5H,1-3H3. The maximum Gasteiger partial charge on any atom is 0.422 e. The van der Waals surface area contributed by atoms with Crippen molar-refractivity contribution in [2.75, 3.05) is 0 Å². The quantitative estimate of drug-likeness (QED) is 0.398. The molecule has 0 aliphatic rings. The molecule has 12 heavy (non-hydrogen) atoms. The Morgan fingerprint density at radius 3 is 2.50 bits per heavy atom. The molecule has 0 aliphatic heterocycles. The number of aromatic nitrogens is 2. The lowest BCUT2D eigenvalue weighted by Gasteiger charge is -2.13. The van der Waals surface area contributed by atoms with Crippen LogP contribution in [-0.4, -0.2) is 22.4 Å². The van der Waals surface area contributed by atoms with Crippen molar-refractivity contribution in [3.05, 3.63) is 22.5 Å². The Balaban J connectivity index is 3.17. The zero-order valence-corrected chi connectivity index (χ0v) is 8.31. The second-order valence-electron chi connectivity index (χ2n) is 3.53. The predicted molar refractivity (Wildman–Crippen MR) is 47.6 cm³/mol. The number of hydrogen-bond acceptors (Lipinski definition) is 3. The first-order valence-electron chi connectivity index (χ1n) is 3.61. The molecule has 0 aliphatic carbocycles. The zero-order chi connectivity index (χ0) is 9.35. The summed E-state index contributed by atoms with van der Waals surface area (Å²) >= 11 is 0. The summed E-state index contributed by atoms with van der Waals surface area (Å²) in [5.41, 5.74) is 0. The summed E-state index contributed by atoms with van der Waals surface area (Å²) in [4.78, 5) is 13.7. The number of hydrogen-bond donors (Lipinski definition) is 0. The van der Waals surface area contributed by atoms with E-state index in [-0.39, 0.29) is 5.95 Å². The molecule has 1 rings (SSSR count). The molecule has 6 heteroatoms. The maximum absolute atomic E-state index is 10.5. The third kappa shape index (κ3) is 1.53. The lowest BCUT2D eigenvalue weighted by molar-refractivity contribution is -0.395. The molecule has 0 aromatic carbocycles. The van der Waals surface area contributed by atoms with Gasteiger partial charge in [-0.1, -0.05) is 4.98 Å². The molecule has 0 bridgehead atoms. The number of rotatable bonds is 2. The van der Waals surface area contributed by atoms with Crippen molar-refractivity contribution in [2.24, 2.45) is 0 Å². The van der Waals surface area contributed by atoms with Crippen molar-refractivity contribution in [1.82, 2.24) is 9.22 Å². The third-order valence-electron chi connectivity index (χ3n) is 1.51. The molecule has 0 saturated heterocycles. The van der Waals surface area contributed by atoms with Gasteiger partial charge in [0, 0.05) is 0 Å². The molecule has 1 aromatic heterocycles. The average molecular weight is 185 g/mol. The fourth-order valence-corrected chi connectivity index (χ4v) is 2.21. The van der Waals surface area contributed by atoms with E-state index in [0.717, 1.165) is 0 Å². The maximum atomic E-state index is 10.5. The zero-order valence-electron chi connectivity index (χ0n) is 7.31. The van der Waals surface area contributed by atoms with Gasteiger partial charge in [0.1, 0.15) is 6.20 Å². The highest BCUT2D eigenvalue weighted by Gasteiger charge is 2.27. The molecule has 66 valence electrons. The van der Waals surface area contributed by atoms with Gasteiger partial charge in [-0.05, 0) is 24.6 Å². The molecule has 0 amide bonds. The molecular formula is C6H11N3O2Si. The molecule has 5 nitrogen and oxygen atoms in total. The van der Waals surface area contributed by atoms with Crippen molar-refractivity contribution < 1.29 is 4.92 Å². The Morgan fingerprint density at radius 1 is 1.58 bits per heavy atom. The third-order valence-corrected chi connectivity index (χ3v) is 3.30. The van der Waals surface area contributed by atoms with Gasteiger partial charge in [0.05, 0.1) is 6.20 Å². The van der Waals surface area contributed by atoms with E-state index in [1.807, 2.05) is 19.6 Å². The van der Waals surface area contributed by atoms with E-state index in [9.17, 15) is 10.1 Å². The van der Waals surface area contributed by atoms with Crippen LogP contribution in [0.2, 0.25) is 19.6 Å². The Kier molecular flexibility index (Phi) is 2.01. The van der Waals surface area contributed by atoms with Gasteiger partial charge in [0.25, 0.3) is 0 Å². The molecule has 0 spiro atoms. The van der Waals surface area contributed by atoms with Crippen molar-refractivity contribution in [1.29, 1.82) is 0 Å². The van der Waals surface area contributed by atoms with Crippen molar-refractivity contribution >= 4 is 14.2 Å². The molecule has 0 unspecified atom stereocenters. The van der Waals surface area contributed by atoms with Gasteiger partial charge in [-0.25, -0.2) is 0 Å². The highest BCUT2D eigenvalue weighted by Crippen LogP contribution is 2.14. The molecule has 0 radical (unpaired) electrons. The average Bonchev–Trinajstić information content (AvgIpc) is 2.30. The summed E-state index contributed by atoms with van der Waals surface area (Å²) in [5, 5.41) is 10.5. The van der Waals surface area contributed by atoms with Gasteiger partial charge in [-0.2, -0.15) is 0 Å². The Bertz CT molecular complexity index is 302. The lowest BCUT2D eigenvalue weighted by atomic mass is 11.0. The van der Waals surface area contributed by atoms with Gasteiger partial charge in [0.2, 0.25) is 8.24 Å². The van der Waals surface area contributed by atoms with Crippen molar-refractivity contribution in [3.8, 4) is 0 Å². The number of nitro groups is 1. The van der Waals surface area contributed by atoms with Crippen LogP contribution in [0.25, 0.3) is 0 Å². The van der Waals surface area contributed by atoms with Crippen LogP contribution >= 0.6 is 0 Å². The van der Waals surface area contributed by atoms with E-state index in [2.05, 4.69) is 4.98 Å². The van der Waals surface area contributed by atoms with E-state index in [0.29, 0.717) is 0 Å². The van der Waals surface area contributed by atoms with Crippen LogP contribution in [0.5, 0.6) is 0 Å². The van der Waals surface area contributed by atoms with Crippen molar-refractivity contribution in [2.45, 2.75) is 19.6 Å². The first kappa shape index (κ1) is 8.92. The first-order chi connectivity index (χ1) is 5.43. The van der Waals surface area contributed by atoms with Crippen LogP contribution in [0.4, 0.5) is 5.95 Å². The minimum Gasteiger partial charge on any atom is -0.390 e. The van der Waals surface area contributed by atoms with E-state index < -0.39 is 13.2 Å². The molecular weight excluding hydrogens is 174 g/mol. The first-order valence-corrected chi connectivity index (χ1v) is 7.06. The predicted octanol–water partition coefficient (Wildman–Crippen LogP) is 1.47. The second kappa shape index (κ2) is 2.70. The highest BCUT2D eigenvalue weighted by molar-refractivity contribution is 6.74. The number of imidazole rings is 1. The van der Waals surface area contributed by atoms with Crippen LogP contribution < -0.4 is 0 Å². The molecule has 1 aromatic rings. The Hall–Kier alpha value is -1.17. The van der Waals surface area contributed by atoms with Crippen LogP contribution in [0.15, 0.2) is 12.4 Å². The van der Waals surface area contributed by atoms with E-state index in [4.69, 9.17) is 0 Å². The van der Waals surface area contributed by atoms with E-state index >= 15 is 0 Å². The molecule has 0 saturated carbocycles. The minimum absolute atomic E-state index is 0.0471. The van der Waals surface area contributed by atoms with Crippen molar-refractivity contribution in [3.63, 3.8) is 0 Å². The van der Waals surface area contributed by atoms with Crippen LogP contribution in [0.1, 0.15) is 0 Å². The fourth-order valence-electron chi connectivity index (χ4n) is 0.954. The number of nitrogens with zero attached hydrogens (tertiary/aromatic N) is 3. The highest BCUT2D eigenvalue weighted by atomic mass is 28.3. The summed E-state index contributed by atoms with van der Waals surface area (Å²) in [6, 6.07) is 0. The van der Waals surface area contributed by atoms with Crippen LogP contribution in [0.3, 0.4) is 0 Å². The monoisotopic (exact) mass is 185 g/mol. The van der Waals surface area contributed by atoms with Crippen LogP contribution in [0, 0.1) is 10.1 Å². The molecule has 0 N–H and O–H groups in total. The topological polar surface area (TPSA) is 61.0 Å². The summed E-state index contributed by atoms with van der Waals surface area (Å²) in [7, 11) is -1.68. The summed E-state index contributed by atoms with van der Waals surface area (Å²) < 4.78 is 1.67. The fraction of sp³-hybridized carbons (Fsp3) is 0.500. The van der Waals surface area contributed by atoms with Gasteiger partial charge < -0.3 is 10.1 Å². The van der Waals surface area contributed by atoms with Gasteiger partial charge in [-0.15, -0.1) is 0 Å².